The second kappa shape index (κ2) is 5.79. The van der Waals surface area contributed by atoms with Crippen molar-refractivity contribution in [3.63, 3.8) is 0 Å². The van der Waals surface area contributed by atoms with Gasteiger partial charge in [0, 0.05) is 13.1 Å². The molecule has 19 heavy (non-hydrogen) atoms. The van der Waals surface area contributed by atoms with Crippen molar-refractivity contribution in [1.29, 1.82) is 0 Å². The lowest BCUT2D eigenvalue weighted by atomic mass is 10.0. The van der Waals surface area contributed by atoms with Crippen LogP contribution in [-0.2, 0) is 22.7 Å². The van der Waals surface area contributed by atoms with Gasteiger partial charge in [-0.2, -0.15) is 0 Å². The number of piperidine rings is 1. The topological polar surface area (TPSA) is 120 Å². The zero-order valence-corrected chi connectivity index (χ0v) is 10.7. The van der Waals surface area contributed by atoms with Gasteiger partial charge in [0.2, 0.25) is 11.8 Å². The smallest absolute Gasteiger partial charge is 0.245 e. The first-order valence-electron chi connectivity index (χ1n) is 6.29. The van der Waals surface area contributed by atoms with Crippen LogP contribution in [0, 0.1) is 0 Å². The van der Waals surface area contributed by atoms with Crippen LogP contribution in [0.2, 0.25) is 0 Å². The second-order valence-corrected chi connectivity index (χ2v) is 4.61. The monoisotopic (exact) mass is 266 g/mol. The van der Waals surface area contributed by atoms with Crippen molar-refractivity contribution in [2.45, 2.75) is 38.4 Å². The number of carbonyl (C=O) groups excluding carboxylic acids is 2. The van der Waals surface area contributed by atoms with E-state index >= 15 is 0 Å². The third-order valence-electron chi connectivity index (χ3n) is 3.24. The van der Waals surface area contributed by atoms with E-state index in [1.165, 1.54) is 9.58 Å². The van der Waals surface area contributed by atoms with Crippen molar-refractivity contribution >= 4 is 11.8 Å². The van der Waals surface area contributed by atoms with Crippen molar-refractivity contribution in [3.05, 3.63) is 11.9 Å². The molecule has 8 nitrogen and oxygen atoms in total. The predicted molar refractivity (Wildman–Crippen MR) is 66.5 cm³/mol. The number of nitrogens with two attached hydrogens (primary N) is 2. The van der Waals surface area contributed by atoms with Crippen molar-refractivity contribution in [1.82, 2.24) is 19.9 Å². The van der Waals surface area contributed by atoms with Gasteiger partial charge >= 0.3 is 0 Å². The Morgan fingerprint density at radius 2 is 2.21 bits per heavy atom. The van der Waals surface area contributed by atoms with Gasteiger partial charge in [0.25, 0.3) is 0 Å². The van der Waals surface area contributed by atoms with Crippen LogP contribution in [0.5, 0.6) is 0 Å². The summed E-state index contributed by atoms with van der Waals surface area (Å²) in [4.78, 5) is 25.1. The first-order chi connectivity index (χ1) is 9.11. The van der Waals surface area contributed by atoms with Crippen molar-refractivity contribution in [2.24, 2.45) is 11.5 Å². The molecule has 104 valence electrons. The van der Waals surface area contributed by atoms with Crippen LogP contribution >= 0.6 is 0 Å². The summed E-state index contributed by atoms with van der Waals surface area (Å²) in [6.45, 7) is 0.892. The van der Waals surface area contributed by atoms with Gasteiger partial charge in [0.05, 0.1) is 11.9 Å². The van der Waals surface area contributed by atoms with Crippen LogP contribution in [0.15, 0.2) is 6.20 Å². The van der Waals surface area contributed by atoms with E-state index in [2.05, 4.69) is 10.3 Å². The normalized spacial score (nSPS) is 19.4. The Balaban J connectivity index is 2.03. The van der Waals surface area contributed by atoms with Gasteiger partial charge in [-0.25, -0.2) is 4.68 Å². The SMILES string of the molecule is NCc1cn(CC(=O)N2CCCCC2C(N)=O)nn1. The molecule has 2 heterocycles. The maximum absolute atomic E-state index is 12.2. The molecule has 0 spiro atoms. The second-order valence-electron chi connectivity index (χ2n) is 4.61. The Kier molecular flexibility index (Phi) is 4.10. The molecule has 1 aromatic heterocycles. The molecule has 1 fully saturated rings. The molecule has 1 aliphatic rings. The summed E-state index contributed by atoms with van der Waals surface area (Å²) in [5, 5.41) is 7.63. The highest BCUT2D eigenvalue weighted by Gasteiger charge is 2.30. The molecular weight excluding hydrogens is 248 g/mol. The number of aromatic nitrogens is 3. The minimum atomic E-state index is -0.501. The summed E-state index contributed by atoms with van der Waals surface area (Å²) in [5.41, 5.74) is 11.4. The Morgan fingerprint density at radius 1 is 1.42 bits per heavy atom. The maximum atomic E-state index is 12.2. The molecule has 8 heteroatoms. The van der Waals surface area contributed by atoms with Gasteiger partial charge in [0.15, 0.2) is 0 Å². The Labute approximate surface area is 110 Å². The van der Waals surface area contributed by atoms with Gasteiger partial charge in [-0.05, 0) is 19.3 Å². The number of likely N-dealkylation sites (tertiary alicyclic amines) is 1. The molecule has 0 radical (unpaired) electrons. The van der Waals surface area contributed by atoms with Gasteiger partial charge in [-0.1, -0.05) is 5.21 Å². The third kappa shape index (κ3) is 3.08. The van der Waals surface area contributed by atoms with Crippen LogP contribution in [-0.4, -0.2) is 44.3 Å². The fraction of sp³-hybridized carbons (Fsp3) is 0.636. The number of rotatable bonds is 4. The minimum absolute atomic E-state index is 0.0524. The van der Waals surface area contributed by atoms with E-state index in [0.717, 1.165) is 12.8 Å². The lowest BCUT2D eigenvalue weighted by molar-refractivity contribution is -0.141. The third-order valence-corrected chi connectivity index (χ3v) is 3.24. The molecule has 1 saturated heterocycles. The Morgan fingerprint density at radius 3 is 2.84 bits per heavy atom. The number of nitrogens with zero attached hydrogens (tertiary/aromatic N) is 4. The number of carbonyl (C=O) groups is 2. The first-order valence-corrected chi connectivity index (χ1v) is 6.29. The average Bonchev–Trinajstić information content (AvgIpc) is 2.86. The molecule has 1 aromatic rings. The van der Waals surface area contributed by atoms with Crippen molar-refractivity contribution in [3.8, 4) is 0 Å². The highest BCUT2D eigenvalue weighted by Crippen LogP contribution is 2.17. The van der Waals surface area contributed by atoms with Crippen LogP contribution in [0.3, 0.4) is 0 Å². The van der Waals surface area contributed by atoms with Crippen LogP contribution < -0.4 is 11.5 Å². The summed E-state index contributed by atoms with van der Waals surface area (Å²) >= 11 is 0. The summed E-state index contributed by atoms with van der Waals surface area (Å²) in [7, 11) is 0. The zero-order valence-electron chi connectivity index (χ0n) is 10.7. The number of hydrogen-bond acceptors (Lipinski definition) is 5. The molecule has 2 rings (SSSR count). The van der Waals surface area contributed by atoms with E-state index in [1.807, 2.05) is 0 Å². The van der Waals surface area contributed by atoms with E-state index in [4.69, 9.17) is 11.5 Å². The fourth-order valence-electron chi connectivity index (χ4n) is 2.26. The first kappa shape index (κ1) is 13.5. The number of amides is 2. The van der Waals surface area contributed by atoms with E-state index in [0.29, 0.717) is 18.7 Å². The van der Waals surface area contributed by atoms with Gasteiger partial charge in [-0.3, -0.25) is 9.59 Å². The van der Waals surface area contributed by atoms with E-state index in [-0.39, 0.29) is 19.0 Å². The molecule has 1 unspecified atom stereocenters. The molecule has 0 saturated carbocycles. The summed E-state index contributed by atoms with van der Waals surface area (Å²) < 4.78 is 1.43. The fourth-order valence-corrected chi connectivity index (χ4v) is 2.26. The van der Waals surface area contributed by atoms with Crippen molar-refractivity contribution < 1.29 is 9.59 Å². The van der Waals surface area contributed by atoms with Crippen molar-refractivity contribution in [2.75, 3.05) is 6.54 Å². The van der Waals surface area contributed by atoms with Gasteiger partial charge < -0.3 is 16.4 Å². The molecule has 1 aliphatic heterocycles. The zero-order chi connectivity index (χ0) is 13.8. The molecule has 0 bridgehead atoms. The largest absolute Gasteiger partial charge is 0.368 e. The van der Waals surface area contributed by atoms with Gasteiger partial charge in [-0.15, -0.1) is 5.10 Å². The standard InChI is InChI=1S/C11H18N6O2/c12-5-8-6-16(15-14-8)7-10(18)17-4-2-1-3-9(17)11(13)19/h6,9H,1-5,7,12H2,(H2,13,19). The highest BCUT2D eigenvalue weighted by atomic mass is 16.2. The predicted octanol–water partition coefficient (Wildman–Crippen LogP) is -1.40. The summed E-state index contributed by atoms with van der Waals surface area (Å²) in [6.07, 6.45) is 4.06. The number of primary amides is 1. The Bertz CT molecular complexity index is 472. The van der Waals surface area contributed by atoms with Crippen LogP contribution in [0.1, 0.15) is 25.0 Å². The molecule has 1 atom stereocenters. The summed E-state index contributed by atoms with van der Waals surface area (Å²) in [5.74, 6) is -0.619. The quantitative estimate of drug-likeness (QED) is 0.694. The minimum Gasteiger partial charge on any atom is -0.368 e. The lowest BCUT2D eigenvalue weighted by Crippen LogP contribution is -2.51. The Hall–Kier alpha value is -1.96. The number of hydrogen-bond donors (Lipinski definition) is 2. The summed E-state index contributed by atoms with van der Waals surface area (Å²) in [6, 6.07) is -0.501. The molecule has 2 amide bonds. The maximum Gasteiger partial charge on any atom is 0.245 e. The van der Waals surface area contributed by atoms with Crippen LogP contribution in [0.25, 0.3) is 0 Å². The lowest BCUT2D eigenvalue weighted by Gasteiger charge is -2.33. The molecule has 0 aromatic carbocycles. The highest BCUT2D eigenvalue weighted by molar-refractivity contribution is 5.86. The average molecular weight is 266 g/mol. The van der Waals surface area contributed by atoms with Gasteiger partial charge in [0.1, 0.15) is 12.6 Å². The molecule has 4 N–H and O–H groups in total. The molecule has 0 aliphatic carbocycles. The van der Waals surface area contributed by atoms with E-state index < -0.39 is 11.9 Å². The van der Waals surface area contributed by atoms with E-state index in [1.54, 1.807) is 6.20 Å². The van der Waals surface area contributed by atoms with E-state index in [9.17, 15) is 9.59 Å². The molecular formula is C11H18N6O2. The van der Waals surface area contributed by atoms with Crippen LogP contribution in [0.4, 0.5) is 0 Å².